The van der Waals surface area contributed by atoms with E-state index < -0.39 is 15.6 Å². The van der Waals surface area contributed by atoms with E-state index in [4.69, 9.17) is 4.42 Å². The van der Waals surface area contributed by atoms with E-state index in [0.29, 0.717) is 23.9 Å². The van der Waals surface area contributed by atoms with E-state index in [0.717, 1.165) is 12.2 Å². The van der Waals surface area contributed by atoms with Crippen LogP contribution in [0.1, 0.15) is 6.42 Å². The van der Waals surface area contributed by atoms with Crippen molar-refractivity contribution in [2.24, 2.45) is 0 Å². The van der Waals surface area contributed by atoms with E-state index >= 15 is 0 Å². The Hall–Kier alpha value is -2.64. The molecule has 1 N–H and O–H groups in total. The predicted molar refractivity (Wildman–Crippen MR) is 102 cm³/mol. The Morgan fingerprint density at radius 2 is 1.81 bits per heavy atom. The van der Waals surface area contributed by atoms with Gasteiger partial charge in [-0.1, -0.05) is 18.2 Å². The summed E-state index contributed by atoms with van der Waals surface area (Å²) in [6.45, 7) is 1.07. The standard InChI is InChI=1S/C19H20N2O4S/c1-21(16-6-3-2-4-7-16)13-5-12-20-26(23,24)17-9-10-18-15(14-17)8-11-19(22)25-18/h2-4,6-11,14,20H,5,12-13H2,1H3. The van der Waals surface area contributed by atoms with Gasteiger partial charge in [-0.15, -0.1) is 0 Å². The monoisotopic (exact) mass is 372 g/mol. The highest BCUT2D eigenvalue weighted by molar-refractivity contribution is 7.89. The third kappa shape index (κ3) is 4.30. The smallest absolute Gasteiger partial charge is 0.336 e. The lowest BCUT2D eigenvalue weighted by Gasteiger charge is -2.19. The van der Waals surface area contributed by atoms with Crippen LogP contribution in [0.15, 0.2) is 74.8 Å². The Bertz CT molecular complexity index is 1050. The number of para-hydroxylation sites is 1. The van der Waals surface area contributed by atoms with E-state index in [2.05, 4.69) is 9.62 Å². The second kappa shape index (κ2) is 7.72. The maximum Gasteiger partial charge on any atom is 0.336 e. The van der Waals surface area contributed by atoms with Gasteiger partial charge < -0.3 is 9.32 Å². The van der Waals surface area contributed by atoms with Crippen molar-refractivity contribution in [2.75, 3.05) is 25.0 Å². The summed E-state index contributed by atoms with van der Waals surface area (Å²) >= 11 is 0. The van der Waals surface area contributed by atoms with Gasteiger partial charge in [0.25, 0.3) is 0 Å². The summed E-state index contributed by atoms with van der Waals surface area (Å²) in [5.41, 5.74) is 0.987. The molecule has 1 aromatic heterocycles. The van der Waals surface area contributed by atoms with Crippen molar-refractivity contribution in [1.29, 1.82) is 0 Å². The highest BCUT2D eigenvalue weighted by Gasteiger charge is 2.14. The van der Waals surface area contributed by atoms with E-state index in [1.807, 2.05) is 37.4 Å². The second-order valence-electron chi connectivity index (χ2n) is 5.96. The number of sulfonamides is 1. The van der Waals surface area contributed by atoms with E-state index in [-0.39, 0.29) is 4.90 Å². The third-order valence-electron chi connectivity index (χ3n) is 4.06. The summed E-state index contributed by atoms with van der Waals surface area (Å²) in [4.78, 5) is 13.4. The molecule has 136 valence electrons. The third-order valence-corrected chi connectivity index (χ3v) is 5.52. The number of hydrogen-bond donors (Lipinski definition) is 1. The molecule has 6 nitrogen and oxygen atoms in total. The molecule has 1 heterocycles. The first kappa shape index (κ1) is 18.2. The number of fused-ring (bicyclic) bond motifs is 1. The van der Waals surface area contributed by atoms with Gasteiger partial charge >= 0.3 is 5.63 Å². The van der Waals surface area contributed by atoms with Crippen LogP contribution in [-0.2, 0) is 10.0 Å². The molecule has 3 aromatic rings. The summed E-state index contributed by atoms with van der Waals surface area (Å²) < 4.78 is 32.5. The summed E-state index contributed by atoms with van der Waals surface area (Å²) in [5.74, 6) is 0. The molecular weight excluding hydrogens is 352 g/mol. The normalized spacial score (nSPS) is 11.6. The summed E-state index contributed by atoms with van der Waals surface area (Å²) in [6, 6.07) is 17.2. The van der Waals surface area contributed by atoms with E-state index in [1.165, 1.54) is 24.3 Å². The van der Waals surface area contributed by atoms with Gasteiger partial charge in [-0.2, -0.15) is 0 Å². The van der Waals surface area contributed by atoms with E-state index in [1.54, 1.807) is 6.07 Å². The number of rotatable bonds is 7. The molecule has 0 aliphatic heterocycles. The molecule has 26 heavy (non-hydrogen) atoms. The Labute approximate surface area is 152 Å². The Morgan fingerprint density at radius 1 is 1.04 bits per heavy atom. The Morgan fingerprint density at radius 3 is 2.58 bits per heavy atom. The van der Waals surface area contributed by atoms with Crippen molar-refractivity contribution in [3.05, 3.63) is 71.1 Å². The summed E-state index contributed by atoms with van der Waals surface area (Å²) in [7, 11) is -1.64. The van der Waals surface area contributed by atoms with Crippen molar-refractivity contribution in [3.8, 4) is 0 Å². The largest absolute Gasteiger partial charge is 0.423 e. The molecular formula is C19H20N2O4S. The first-order chi connectivity index (χ1) is 12.5. The molecule has 0 spiro atoms. The van der Waals surface area contributed by atoms with Crippen molar-refractivity contribution >= 4 is 26.7 Å². The molecule has 2 aromatic carbocycles. The van der Waals surface area contributed by atoms with Gasteiger partial charge in [0, 0.05) is 37.3 Å². The molecule has 0 atom stereocenters. The van der Waals surface area contributed by atoms with E-state index in [9.17, 15) is 13.2 Å². The minimum Gasteiger partial charge on any atom is -0.423 e. The van der Waals surface area contributed by atoms with Gasteiger partial charge in [0.05, 0.1) is 4.90 Å². The number of benzene rings is 2. The molecule has 0 unspecified atom stereocenters. The minimum absolute atomic E-state index is 0.148. The fourth-order valence-electron chi connectivity index (χ4n) is 2.63. The quantitative estimate of drug-likeness (QED) is 0.509. The fourth-order valence-corrected chi connectivity index (χ4v) is 3.74. The molecule has 0 aliphatic carbocycles. The number of nitrogens with zero attached hydrogens (tertiary/aromatic N) is 1. The molecule has 0 radical (unpaired) electrons. The molecule has 0 bridgehead atoms. The summed E-state index contributed by atoms with van der Waals surface area (Å²) in [6.07, 6.45) is 0.674. The van der Waals surface area contributed by atoms with Crippen LogP contribution in [0.5, 0.6) is 0 Å². The van der Waals surface area contributed by atoms with Gasteiger partial charge in [-0.25, -0.2) is 17.9 Å². The van der Waals surface area contributed by atoms with Crippen LogP contribution in [0.25, 0.3) is 11.0 Å². The van der Waals surface area contributed by atoms with Gasteiger partial charge in [-0.05, 0) is 42.8 Å². The van der Waals surface area contributed by atoms with Crippen LogP contribution in [-0.4, -0.2) is 28.6 Å². The van der Waals surface area contributed by atoms with Crippen LogP contribution >= 0.6 is 0 Å². The van der Waals surface area contributed by atoms with Crippen molar-refractivity contribution in [3.63, 3.8) is 0 Å². The SMILES string of the molecule is CN(CCCNS(=O)(=O)c1ccc2oc(=O)ccc2c1)c1ccccc1. The molecule has 7 heteroatoms. The lowest BCUT2D eigenvalue weighted by Crippen LogP contribution is -2.28. The lowest BCUT2D eigenvalue weighted by molar-refractivity contribution is 0.560. The average Bonchev–Trinajstić information content (AvgIpc) is 2.65. The zero-order valence-electron chi connectivity index (χ0n) is 14.4. The van der Waals surface area contributed by atoms with Crippen molar-refractivity contribution < 1.29 is 12.8 Å². The number of anilines is 1. The lowest BCUT2D eigenvalue weighted by atomic mass is 10.2. The maximum atomic E-state index is 12.4. The van der Waals surface area contributed by atoms with Gasteiger partial charge in [0.1, 0.15) is 5.58 Å². The maximum absolute atomic E-state index is 12.4. The highest BCUT2D eigenvalue weighted by Crippen LogP contribution is 2.17. The van der Waals surface area contributed by atoms with Crippen LogP contribution in [0.4, 0.5) is 5.69 Å². The molecule has 0 aliphatic rings. The summed E-state index contributed by atoms with van der Waals surface area (Å²) in [5, 5.41) is 0.566. The molecule has 0 saturated carbocycles. The van der Waals surface area contributed by atoms with Crippen LogP contribution in [0.3, 0.4) is 0 Å². The predicted octanol–water partition coefficient (Wildman–Crippen LogP) is 2.60. The zero-order valence-corrected chi connectivity index (χ0v) is 15.2. The molecule has 0 saturated heterocycles. The minimum atomic E-state index is -3.61. The van der Waals surface area contributed by atoms with Gasteiger partial charge in [-0.3, -0.25) is 0 Å². The topological polar surface area (TPSA) is 79.6 Å². The number of hydrogen-bond acceptors (Lipinski definition) is 5. The highest BCUT2D eigenvalue weighted by atomic mass is 32.2. The average molecular weight is 372 g/mol. The van der Waals surface area contributed by atoms with Crippen LogP contribution in [0.2, 0.25) is 0 Å². The van der Waals surface area contributed by atoms with Crippen LogP contribution < -0.4 is 15.2 Å². The van der Waals surface area contributed by atoms with Crippen LogP contribution in [0, 0.1) is 0 Å². The van der Waals surface area contributed by atoms with Gasteiger partial charge in [0.2, 0.25) is 10.0 Å². The first-order valence-corrected chi connectivity index (χ1v) is 9.74. The molecule has 0 fully saturated rings. The van der Waals surface area contributed by atoms with Crippen molar-refractivity contribution in [1.82, 2.24) is 4.72 Å². The zero-order chi connectivity index (χ0) is 18.6. The second-order valence-corrected chi connectivity index (χ2v) is 7.73. The Balaban J connectivity index is 1.60. The van der Waals surface area contributed by atoms with Crippen molar-refractivity contribution in [2.45, 2.75) is 11.3 Å². The molecule has 0 amide bonds. The Kier molecular flexibility index (Phi) is 5.39. The number of nitrogens with one attached hydrogen (secondary N) is 1. The van der Waals surface area contributed by atoms with Gasteiger partial charge in [0.15, 0.2) is 0 Å². The fraction of sp³-hybridized carbons (Fsp3) is 0.211. The first-order valence-electron chi connectivity index (χ1n) is 8.25. The molecule has 3 rings (SSSR count).